The highest BCUT2D eigenvalue weighted by Crippen LogP contribution is 2.43. The number of amides is 1. The molecule has 0 aliphatic heterocycles. The molecule has 2 aromatic carbocycles. The molecular weight excluding hydrogens is 438 g/mol. The summed E-state index contributed by atoms with van der Waals surface area (Å²) in [6, 6.07) is 7.81. The van der Waals surface area contributed by atoms with Crippen LogP contribution in [0.2, 0.25) is 0 Å². The van der Waals surface area contributed by atoms with E-state index in [0.717, 1.165) is 40.1 Å². The summed E-state index contributed by atoms with van der Waals surface area (Å²) >= 11 is 0. The number of benzene rings is 2. The summed E-state index contributed by atoms with van der Waals surface area (Å²) in [6.07, 6.45) is 6.18. The summed E-state index contributed by atoms with van der Waals surface area (Å²) in [5.74, 6) is 0.954. The third kappa shape index (κ3) is 6.82. The number of rotatable bonds is 13. The van der Waals surface area contributed by atoms with E-state index < -0.39 is 12.1 Å². The van der Waals surface area contributed by atoms with E-state index in [1.54, 1.807) is 0 Å². The lowest BCUT2D eigenvalue weighted by molar-refractivity contribution is -0.139. The van der Waals surface area contributed by atoms with Crippen LogP contribution in [0, 0.1) is 0 Å². The Morgan fingerprint density at radius 2 is 1.56 bits per heavy atom. The molecule has 0 heterocycles. The summed E-state index contributed by atoms with van der Waals surface area (Å²) in [5.41, 5.74) is 2.04. The molecule has 1 aliphatic rings. The Bertz CT molecular complexity index is 1030. The standard InChI is InChI=1S/C26H31NO7/c1-3-23(28)33-18-17-31-16-15-30-14-13-27-26(29)34-25-21-11-7-5-9-19(21)24(32-4-2)20-10-6-8-12-22(20)25/h3,5-9,11H,1,4,10,12-18H2,2H3,(H,27,29). The van der Waals surface area contributed by atoms with E-state index in [0.29, 0.717) is 45.1 Å². The van der Waals surface area contributed by atoms with Gasteiger partial charge < -0.3 is 29.0 Å². The summed E-state index contributed by atoms with van der Waals surface area (Å²) in [6.45, 7) is 7.61. The highest BCUT2D eigenvalue weighted by molar-refractivity contribution is 5.97. The van der Waals surface area contributed by atoms with Crippen LogP contribution in [0.1, 0.15) is 18.1 Å². The smallest absolute Gasteiger partial charge is 0.412 e. The number of esters is 1. The zero-order chi connectivity index (χ0) is 24.2. The average Bonchev–Trinajstić information content (AvgIpc) is 2.86. The van der Waals surface area contributed by atoms with Gasteiger partial charge in [-0.3, -0.25) is 0 Å². The molecule has 0 aromatic heterocycles. The minimum absolute atomic E-state index is 0.165. The van der Waals surface area contributed by atoms with Gasteiger partial charge in [0.15, 0.2) is 0 Å². The topological polar surface area (TPSA) is 92.3 Å². The highest BCUT2D eigenvalue weighted by Gasteiger charge is 2.23. The van der Waals surface area contributed by atoms with Crippen LogP contribution in [0.3, 0.4) is 0 Å². The number of fused-ring (bicyclic) bond motifs is 2. The average molecular weight is 470 g/mol. The first kappa shape index (κ1) is 25.3. The molecule has 0 spiro atoms. The second kappa shape index (κ2) is 13.4. The fourth-order valence-electron chi connectivity index (χ4n) is 3.67. The largest absolute Gasteiger partial charge is 0.493 e. The molecule has 0 unspecified atom stereocenters. The maximum Gasteiger partial charge on any atom is 0.412 e. The lowest BCUT2D eigenvalue weighted by Crippen LogP contribution is -2.30. The maximum absolute atomic E-state index is 12.5. The van der Waals surface area contributed by atoms with Gasteiger partial charge in [-0.1, -0.05) is 43.0 Å². The van der Waals surface area contributed by atoms with E-state index in [9.17, 15) is 9.59 Å². The molecule has 0 radical (unpaired) electrons. The van der Waals surface area contributed by atoms with Crippen LogP contribution in [-0.4, -0.2) is 58.2 Å². The number of nitrogens with one attached hydrogen (secondary N) is 1. The molecule has 1 N–H and O–H groups in total. The summed E-state index contributed by atoms with van der Waals surface area (Å²) in [5, 5.41) is 4.51. The number of carbonyl (C=O) groups is 2. The normalized spacial score (nSPS) is 12.1. The van der Waals surface area contributed by atoms with Crippen molar-refractivity contribution in [1.82, 2.24) is 5.32 Å². The van der Waals surface area contributed by atoms with Crippen LogP contribution < -0.4 is 14.8 Å². The van der Waals surface area contributed by atoms with E-state index in [1.165, 1.54) is 0 Å². The predicted molar refractivity (Wildman–Crippen MR) is 128 cm³/mol. The summed E-state index contributed by atoms with van der Waals surface area (Å²) < 4.78 is 27.3. The van der Waals surface area contributed by atoms with Gasteiger partial charge in [0.25, 0.3) is 0 Å². The monoisotopic (exact) mass is 469 g/mol. The van der Waals surface area contributed by atoms with E-state index in [1.807, 2.05) is 31.2 Å². The zero-order valence-corrected chi connectivity index (χ0v) is 19.5. The fourth-order valence-corrected chi connectivity index (χ4v) is 3.67. The molecule has 1 aliphatic carbocycles. The molecule has 34 heavy (non-hydrogen) atoms. The molecule has 0 fully saturated rings. The van der Waals surface area contributed by atoms with Gasteiger partial charge in [0, 0.05) is 34.5 Å². The van der Waals surface area contributed by atoms with E-state index >= 15 is 0 Å². The molecule has 2 aromatic rings. The summed E-state index contributed by atoms with van der Waals surface area (Å²) in [4.78, 5) is 23.4. The molecule has 0 saturated heterocycles. The molecule has 182 valence electrons. The SMILES string of the molecule is C=CC(=O)OCCOCCOCCNC(=O)Oc1c2c(c(OCC)c3ccccc13)CC=CC2. The first-order chi connectivity index (χ1) is 16.7. The van der Waals surface area contributed by atoms with Crippen LogP contribution in [0.25, 0.3) is 10.8 Å². The van der Waals surface area contributed by atoms with Crippen molar-refractivity contribution in [3.05, 3.63) is 60.2 Å². The van der Waals surface area contributed by atoms with Gasteiger partial charge in [0.05, 0.1) is 33.0 Å². The Balaban J connectivity index is 1.49. The number of hydrogen-bond acceptors (Lipinski definition) is 7. The second-order valence-electron chi connectivity index (χ2n) is 7.39. The van der Waals surface area contributed by atoms with E-state index in [-0.39, 0.29) is 13.2 Å². The Hall–Kier alpha value is -3.36. The minimum Gasteiger partial charge on any atom is -0.493 e. The Labute approximate surface area is 199 Å². The third-order valence-corrected chi connectivity index (χ3v) is 5.15. The number of carbonyl (C=O) groups excluding carboxylic acids is 2. The third-order valence-electron chi connectivity index (χ3n) is 5.15. The molecule has 0 bridgehead atoms. The van der Waals surface area contributed by atoms with Gasteiger partial charge in [0.1, 0.15) is 18.1 Å². The zero-order valence-electron chi connectivity index (χ0n) is 19.5. The van der Waals surface area contributed by atoms with Crippen molar-refractivity contribution >= 4 is 22.8 Å². The van der Waals surface area contributed by atoms with Crippen molar-refractivity contribution in [2.24, 2.45) is 0 Å². The number of hydrogen-bond donors (Lipinski definition) is 1. The van der Waals surface area contributed by atoms with Crippen LogP contribution in [-0.2, 0) is 31.8 Å². The Morgan fingerprint density at radius 3 is 2.24 bits per heavy atom. The maximum atomic E-state index is 12.5. The lowest BCUT2D eigenvalue weighted by atomic mass is 9.90. The minimum atomic E-state index is -0.532. The quantitative estimate of drug-likeness (QED) is 0.207. The number of allylic oxidation sites excluding steroid dienone is 2. The number of ether oxygens (including phenoxy) is 5. The predicted octanol–water partition coefficient (Wildman–Crippen LogP) is 3.74. The molecule has 3 rings (SSSR count). The molecule has 0 saturated carbocycles. The highest BCUT2D eigenvalue weighted by atomic mass is 16.6. The first-order valence-corrected chi connectivity index (χ1v) is 11.4. The van der Waals surface area contributed by atoms with Crippen LogP contribution >= 0.6 is 0 Å². The Morgan fingerprint density at radius 1 is 0.941 bits per heavy atom. The van der Waals surface area contributed by atoms with E-state index in [4.69, 9.17) is 23.7 Å². The van der Waals surface area contributed by atoms with Gasteiger partial charge in [-0.15, -0.1) is 0 Å². The van der Waals surface area contributed by atoms with Gasteiger partial charge >= 0.3 is 12.1 Å². The van der Waals surface area contributed by atoms with Gasteiger partial charge in [-0.2, -0.15) is 0 Å². The van der Waals surface area contributed by atoms with Gasteiger partial charge in [0.2, 0.25) is 0 Å². The second-order valence-corrected chi connectivity index (χ2v) is 7.39. The van der Waals surface area contributed by atoms with E-state index in [2.05, 4.69) is 24.0 Å². The van der Waals surface area contributed by atoms with Crippen molar-refractivity contribution in [3.8, 4) is 11.5 Å². The van der Waals surface area contributed by atoms with Crippen LogP contribution in [0.5, 0.6) is 11.5 Å². The molecular formula is C26H31NO7. The Kier molecular flexibility index (Phi) is 9.94. The fraction of sp³-hybridized carbons (Fsp3) is 0.385. The van der Waals surface area contributed by atoms with Crippen molar-refractivity contribution in [3.63, 3.8) is 0 Å². The van der Waals surface area contributed by atoms with Crippen LogP contribution in [0.15, 0.2) is 49.1 Å². The first-order valence-electron chi connectivity index (χ1n) is 11.4. The molecule has 0 atom stereocenters. The van der Waals surface area contributed by atoms with Gasteiger partial charge in [-0.25, -0.2) is 9.59 Å². The van der Waals surface area contributed by atoms with Crippen LogP contribution in [0.4, 0.5) is 4.79 Å². The summed E-state index contributed by atoms with van der Waals surface area (Å²) in [7, 11) is 0. The lowest BCUT2D eigenvalue weighted by Gasteiger charge is -2.22. The van der Waals surface area contributed by atoms with Crippen molar-refractivity contribution in [2.45, 2.75) is 19.8 Å². The molecule has 8 heteroatoms. The van der Waals surface area contributed by atoms with Crippen molar-refractivity contribution in [2.75, 3.05) is 46.2 Å². The molecule has 8 nitrogen and oxygen atoms in total. The van der Waals surface area contributed by atoms with Gasteiger partial charge in [-0.05, 0) is 19.8 Å². The van der Waals surface area contributed by atoms with Crippen molar-refractivity contribution in [1.29, 1.82) is 0 Å². The van der Waals surface area contributed by atoms with Crippen molar-refractivity contribution < 1.29 is 33.3 Å². The molecule has 1 amide bonds.